The molecule has 1 aliphatic heterocycles. The average molecular weight is 343 g/mol. The smallest absolute Gasteiger partial charge is 0.226 e. The number of hydrogen-bond donors (Lipinski definition) is 1. The Morgan fingerprint density at radius 3 is 2.72 bits per heavy atom. The van der Waals surface area contributed by atoms with Gasteiger partial charge in [-0.25, -0.2) is 4.98 Å². The van der Waals surface area contributed by atoms with Gasteiger partial charge in [0.25, 0.3) is 0 Å². The first kappa shape index (κ1) is 17.6. The average Bonchev–Trinajstić information content (AvgIpc) is 2.97. The predicted octanol–water partition coefficient (Wildman–Crippen LogP) is 2.03. The van der Waals surface area contributed by atoms with Crippen molar-refractivity contribution in [1.82, 2.24) is 15.2 Å². The molecule has 1 saturated heterocycles. The van der Waals surface area contributed by atoms with Crippen molar-refractivity contribution in [2.75, 3.05) is 32.8 Å². The Balaban J connectivity index is 1.55. The zero-order chi connectivity index (χ0) is 17.6. The fraction of sp³-hybridized carbons (Fsp3) is 0.474. The molecule has 0 saturated carbocycles. The van der Waals surface area contributed by atoms with Gasteiger partial charge in [-0.1, -0.05) is 18.2 Å². The zero-order valence-corrected chi connectivity index (χ0v) is 14.8. The maximum atomic E-state index is 12.3. The van der Waals surface area contributed by atoms with E-state index in [9.17, 15) is 4.79 Å². The van der Waals surface area contributed by atoms with Crippen LogP contribution in [0.4, 0.5) is 0 Å². The van der Waals surface area contributed by atoms with Gasteiger partial charge >= 0.3 is 0 Å². The lowest BCUT2D eigenvalue weighted by Gasteiger charge is -2.29. The van der Waals surface area contributed by atoms with Crippen molar-refractivity contribution in [3.8, 4) is 11.5 Å². The van der Waals surface area contributed by atoms with Gasteiger partial charge in [-0.05, 0) is 26.0 Å². The molecule has 1 atom stereocenters. The summed E-state index contributed by atoms with van der Waals surface area (Å²) in [7, 11) is 0. The summed E-state index contributed by atoms with van der Waals surface area (Å²) in [5.74, 6) is 1.22. The van der Waals surface area contributed by atoms with Crippen LogP contribution in [0.3, 0.4) is 0 Å². The third kappa shape index (κ3) is 4.90. The van der Waals surface area contributed by atoms with Crippen LogP contribution < -0.4 is 5.32 Å². The van der Waals surface area contributed by atoms with E-state index in [4.69, 9.17) is 9.15 Å². The molecule has 1 unspecified atom stereocenters. The highest BCUT2D eigenvalue weighted by Crippen LogP contribution is 2.21. The highest BCUT2D eigenvalue weighted by atomic mass is 16.5. The fourth-order valence-corrected chi connectivity index (χ4v) is 2.99. The van der Waals surface area contributed by atoms with E-state index in [0.717, 1.165) is 38.4 Å². The molecule has 1 fully saturated rings. The normalized spacial score (nSPS) is 16.6. The Morgan fingerprint density at radius 2 is 2.00 bits per heavy atom. The molecule has 1 aromatic carbocycles. The monoisotopic (exact) mass is 343 g/mol. The van der Waals surface area contributed by atoms with E-state index >= 15 is 0 Å². The number of carbonyl (C=O) groups is 1. The number of oxazole rings is 1. The topological polar surface area (TPSA) is 67.6 Å². The first-order valence-corrected chi connectivity index (χ1v) is 8.73. The molecule has 25 heavy (non-hydrogen) atoms. The van der Waals surface area contributed by atoms with Crippen LogP contribution in [-0.4, -0.2) is 54.7 Å². The number of morpholine rings is 1. The Bertz CT molecular complexity index is 693. The minimum Gasteiger partial charge on any atom is -0.441 e. The van der Waals surface area contributed by atoms with Crippen molar-refractivity contribution in [3.05, 3.63) is 41.8 Å². The minimum atomic E-state index is -0.0308. The van der Waals surface area contributed by atoms with E-state index in [1.807, 2.05) is 44.2 Å². The van der Waals surface area contributed by atoms with E-state index in [-0.39, 0.29) is 18.4 Å². The number of nitrogens with one attached hydrogen (secondary N) is 1. The van der Waals surface area contributed by atoms with Crippen molar-refractivity contribution in [2.24, 2.45) is 0 Å². The summed E-state index contributed by atoms with van der Waals surface area (Å²) in [5.41, 5.74) is 1.60. The summed E-state index contributed by atoms with van der Waals surface area (Å²) >= 11 is 0. The van der Waals surface area contributed by atoms with Crippen molar-refractivity contribution in [2.45, 2.75) is 26.3 Å². The Hall–Kier alpha value is -2.18. The first-order valence-electron chi connectivity index (χ1n) is 8.73. The third-order valence-electron chi connectivity index (χ3n) is 4.28. The second-order valence-corrected chi connectivity index (χ2v) is 6.45. The summed E-state index contributed by atoms with van der Waals surface area (Å²) in [6, 6.07) is 9.80. The number of ether oxygens (including phenoxy) is 1. The molecule has 1 amide bonds. The van der Waals surface area contributed by atoms with Gasteiger partial charge in [0.2, 0.25) is 11.8 Å². The van der Waals surface area contributed by atoms with Gasteiger partial charge in [0.05, 0.1) is 25.3 Å². The Morgan fingerprint density at radius 1 is 1.28 bits per heavy atom. The molecule has 0 radical (unpaired) electrons. The van der Waals surface area contributed by atoms with Crippen molar-refractivity contribution in [1.29, 1.82) is 0 Å². The van der Waals surface area contributed by atoms with Crippen LogP contribution in [0.5, 0.6) is 0 Å². The lowest BCUT2D eigenvalue weighted by atomic mass is 10.2. The number of carbonyl (C=O) groups excluding carboxylic acids is 1. The molecule has 1 aliphatic rings. The minimum absolute atomic E-state index is 0.0308. The molecule has 134 valence electrons. The number of hydrogen-bond acceptors (Lipinski definition) is 5. The first-order chi connectivity index (χ1) is 12.1. The van der Waals surface area contributed by atoms with Gasteiger partial charge in [0.1, 0.15) is 5.76 Å². The van der Waals surface area contributed by atoms with Gasteiger partial charge in [0, 0.05) is 31.2 Å². The third-order valence-corrected chi connectivity index (χ3v) is 4.28. The Kier molecular flexibility index (Phi) is 5.83. The number of amides is 1. The molecule has 6 nitrogen and oxygen atoms in total. The second-order valence-electron chi connectivity index (χ2n) is 6.45. The zero-order valence-electron chi connectivity index (χ0n) is 14.8. The van der Waals surface area contributed by atoms with Crippen LogP contribution in [0.2, 0.25) is 0 Å². The highest BCUT2D eigenvalue weighted by molar-refractivity contribution is 5.78. The fourth-order valence-electron chi connectivity index (χ4n) is 2.99. The van der Waals surface area contributed by atoms with E-state index in [1.54, 1.807) is 0 Å². The molecule has 0 spiro atoms. The molecular weight excluding hydrogens is 318 g/mol. The van der Waals surface area contributed by atoms with Gasteiger partial charge in [-0.15, -0.1) is 0 Å². The van der Waals surface area contributed by atoms with Crippen LogP contribution in [-0.2, 0) is 16.0 Å². The lowest BCUT2D eigenvalue weighted by Crippen LogP contribution is -2.46. The van der Waals surface area contributed by atoms with E-state index in [0.29, 0.717) is 17.3 Å². The van der Waals surface area contributed by atoms with Gasteiger partial charge in [0.15, 0.2) is 0 Å². The number of benzene rings is 1. The van der Waals surface area contributed by atoms with Crippen LogP contribution in [0.25, 0.3) is 11.5 Å². The number of nitrogens with zero attached hydrogens (tertiary/aromatic N) is 2. The predicted molar refractivity (Wildman–Crippen MR) is 95.2 cm³/mol. The molecule has 6 heteroatoms. The van der Waals surface area contributed by atoms with E-state index in [1.165, 1.54) is 0 Å². The molecule has 2 heterocycles. The van der Waals surface area contributed by atoms with Gasteiger partial charge in [-0.2, -0.15) is 0 Å². The molecular formula is C19H25N3O3. The van der Waals surface area contributed by atoms with Crippen LogP contribution in [0, 0.1) is 6.92 Å². The van der Waals surface area contributed by atoms with Gasteiger partial charge < -0.3 is 14.5 Å². The highest BCUT2D eigenvalue weighted by Gasteiger charge is 2.18. The van der Waals surface area contributed by atoms with Crippen LogP contribution >= 0.6 is 0 Å². The van der Waals surface area contributed by atoms with Crippen LogP contribution in [0.15, 0.2) is 34.7 Å². The molecule has 0 aliphatic carbocycles. The van der Waals surface area contributed by atoms with E-state index in [2.05, 4.69) is 15.2 Å². The van der Waals surface area contributed by atoms with Crippen molar-refractivity contribution < 1.29 is 13.9 Å². The quantitative estimate of drug-likeness (QED) is 0.869. The lowest BCUT2D eigenvalue weighted by molar-refractivity contribution is -0.121. The Labute approximate surface area is 148 Å². The molecule has 1 aromatic heterocycles. The summed E-state index contributed by atoms with van der Waals surface area (Å²) in [5, 5.41) is 3.05. The number of aromatic nitrogens is 1. The van der Waals surface area contributed by atoms with E-state index < -0.39 is 0 Å². The summed E-state index contributed by atoms with van der Waals surface area (Å²) in [4.78, 5) is 19.1. The number of rotatable bonds is 6. The molecule has 2 aromatic rings. The molecule has 3 rings (SSSR count). The molecule has 1 N–H and O–H groups in total. The van der Waals surface area contributed by atoms with Crippen molar-refractivity contribution >= 4 is 5.91 Å². The standard InChI is InChI=1S/C19H25N3O3/c1-14(13-22-8-10-24-11-9-22)20-18(23)12-17-15(2)25-19(21-17)16-6-4-3-5-7-16/h3-7,14H,8-13H2,1-2H3,(H,20,23). The SMILES string of the molecule is Cc1oc(-c2ccccc2)nc1CC(=O)NC(C)CN1CCOCC1. The summed E-state index contributed by atoms with van der Waals surface area (Å²) in [6.45, 7) is 8.08. The summed E-state index contributed by atoms with van der Waals surface area (Å²) < 4.78 is 11.1. The number of aryl methyl sites for hydroxylation is 1. The maximum absolute atomic E-state index is 12.3. The van der Waals surface area contributed by atoms with Gasteiger partial charge in [-0.3, -0.25) is 9.69 Å². The van der Waals surface area contributed by atoms with Crippen molar-refractivity contribution in [3.63, 3.8) is 0 Å². The second kappa shape index (κ2) is 8.27. The molecule has 0 bridgehead atoms. The largest absolute Gasteiger partial charge is 0.441 e. The summed E-state index contributed by atoms with van der Waals surface area (Å²) in [6.07, 6.45) is 0.232. The maximum Gasteiger partial charge on any atom is 0.226 e. The van der Waals surface area contributed by atoms with Crippen LogP contribution in [0.1, 0.15) is 18.4 Å².